The van der Waals surface area contributed by atoms with Crippen LogP contribution in [0.15, 0.2) is 37.9 Å². The minimum absolute atomic E-state index is 0.315. The van der Waals surface area contributed by atoms with E-state index >= 15 is 0 Å². The molecule has 23 heavy (non-hydrogen) atoms. The molecule has 0 atom stereocenters. The van der Waals surface area contributed by atoms with Crippen LogP contribution in [0.5, 0.6) is 5.75 Å². The SMILES string of the molecule is O=C(CCCCCCOc1cc(=O)oc2ccc(Br)cc12)NO. The van der Waals surface area contributed by atoms with Gasteiger partial charge in [-0.2, -0.15) is 0 Å². The molecule has 0 spiro atoms. The lowest BCUT2D eigenvalue weighted by atomic mass is 10.1. The molecule has 0 saturated carbocycles. The highest BCUT2D eigenvalue weighted by Gasteiger charge is 2.07. The number of carbonyl (C=O) groups excluding carboxylic acids is 1. The Morgan fingerprint density at radius 3 is 2.78 bits per heavy atom. The summed E-state index contributed by atoms with van der Waals surface area (Å²) in [6.07, 6.45) is 3.63. The molecule has 0 saturated heterocycles. The maximum absolute atomic E-state index is 11.5. The zero-order chi connectivity index (χ0) is 16.7. The number of amides is 1. The van der Waals surface area contributed by atoms with Gasteiger partial charge in [-0.25, -0.2) is 10.3 Å². The molecule has 0 aliphatic heterocycles. The van der Waals surface area contributed by atoms with Crippen LogP contribution in [0.4, 0.5) is 0 Å². The number of hydrogen-bond donors (Lipinski definition) is 2. The summed E-state index contributed by atoms with van der Waals surface area (Å²) in [6.45, 7) is 0.483. The van der Waals surface area contributed by atoms with Crippen molar-refractivity contribution in [3.63, 3.8) is 0 Å². The van der Waals surface area contributed by atoms with Crippen molar-refractivity contribution < 1.29 is 19.2 Å². The van der Waals surface area contributed by atoms with Gasteiger partial charge in [-0.15, -0.1) is 0 Å². The van der Waals surface area contributed by atoms with Crippen molar-refractivity contribution >= 4 is 32.8 Å². The molecular formula is C16H18BrNO5. The summed E-state index contributed by atoms with van der Waals surface area (Å²) in [5.41, 5.74) is 1.66. The normalized spacial score (nSPS) is 10.7. The number of hydroxylamine groups is 1. The number of ether oxygens (including phenoxy) is 1. The maximum Gasteiger partial charge on any atom is 0.339 e. The lowest BCUT2D eigenvalue weighted by Gasteiger charge is -2.08. The van der Waals surface area contributed by atoms with Gasteiger partial charge in [0.05, 0.1) is 18.1 Å². The molecule has 2 rings (SSSR count). The van der Waals surface area contributed by atoms with Crippen molar-refractivity contribution in [2.45, 2.75) is 32.1 Å². The minimum Gasteiger partial charge on any atom is -0.493 e. The second-order valence-electron chi connectivity index (χ2n) is 5.12. The van der Waals surface area contributed by atoms with Crippen LogP contribution >= 0.6 is 15.9 Å². The van der Waals surface area contributed by atoms with E-state index in [2.05, 4.69) is 15.9 Å². The number of rotatable bonds is 8. The van der Waals surface area contributed by atoms with Crippen LogP contribution in [0.25, 0.3) is 11.0 Å². The first-order chi connectivity index (χ1) is 11.1. The van der Waals surface area contributed by atoms with Gasteiger partial charge in [0.1, 0.15) is 11.3 Å². The molecule has 2 N–H and O–H groups in total. The summed E-state index contributed by atoms with van der Waals surface area (Å²) in [7, 11) is 0. The number of hydrogen-bond acceptors (Lipinski definition) is 5. The molecule has 1 aromatic carbocycles. The number of unbranched alkanes of at least 4 members (excludes halogenated alkanes) is 3. The van der Waals surface area contributed by atoms with Crippen LogP contribution in [0.3, 0.4) is 0 Å². The topological polar surface area (TPSA) is 88.8 Å². The maximum atomic E-state index is 11.5. The van der Waals surface area contributed by atoms with Gasteiger partial charge < -0.3 is 9.15 Å². The highest BCUT2D eigenvalue weighted by atomic mass is 79.9. The van der Waals surface area contributed by atoms with E-state index in [1.807, 2.05) is 6.07 Å². The third-order valence-corrected chi connectivity index (χ3v) is 3.84. The summed E-state index contributed by atoms with van der Waals surface area (Å²) in [5, 5.41) is 9.12. The average molecular weight is 384 g/mol. The second kappa shape index (κ2) is 8.69. The fourth-order valence-electron chi connectivity index (χ4n) is 2.21. The molecule has 0 radical (unpaired) electrons. The molecule has 2 aromatic rings. The Kier molecular flexibility index (Phi) is 6.61. The third-order valence-electron chi connectivity index (χ3n) is 3.35. The molecule has 0 fully saturated rings. The lowest BCUT2D eigenvalue weighted by molar-refractivity contribution is -0.129. The molecular weight excluding hydrogens is 366 g/mol. The smallest absolute Gasteiger partial charge is 0.339 e. The number of halogens is 1. The molecule has 124 valence electrons. The zero-order valence-corrected chi connectivity index (χ0v) is 14.1. The lowest BCUT2D eigenvalue weighted by Crippen LogP contribution is -2.17. The van der Waals surface area contributed by atoms with Gasteiger partial charge in [-0.1, -0.05) is 28.8 Å². The van der Waals surface area contributed by atoms with E-state index in [9.17, 15) is 9.59 Å². The van der Waals surface area contributed by atoms with Crippen molar-refractivity contribution in [1.29, 1.82) is 0 Å². The Bertz CT molecular complexity index is 728. The highest BCUT2D eigenvalue weighted by Crippen LogP contribution is 2.27. The fraction of sp³-hybridized carbons (Fsp3) is 0.375. The van der Waals surface area contributed by atoms with Gasteiger partial charge in [0.25, 0.3) is 0 Å². The van der Waals surface area contributed by atoms with E-state index in [1.54, 1.807) is 17.6 Å². The molecule has 1 amide bonds. The monoisotopic (exact) mass is 383 g/mol. The van der Waals surface area contributed by atoms with Crippen LogP contribution in [-0.2, 0) is 4.79 Å². The summed E-state index contributed by atoms with van der Waals surface area (Å²) < 4.78 is 11.7. The van der Waals surface area contributed by atoms with E-state index in [1.165, 1.54) is 6.07 Å². The van der Waals surface area contributed by atoms with E-state index < -0.39 is 5.63 Å². The molecule has 0 unspecified atom stereocenters. The molecule has 0 aliphatic rings. The van der Waals surface area contributed by atoms with Gasteiger partial charge in [0.2, 0.25) is 5.91 Å². The van der Waals surface area contributed by atoms with Gasteiger partial charge in [-0.3, -0.25) is 10.0 Å². The number of fused-ring (bicyclic) bond motifs is 1. The summed E-state index contributed by atoms with van der Waals surface area (Å²) >= 11 is 3.39. The van der Waals surface area contributed by atoms with Crippen LogP contribution in [0.1, 0.15) is 32.1 Å². The Balaban J connectivity index is 1.84. The Hall–Kier alpha value is -1.86. The number of nitrogens with one attached hydrogen (secondary N) is 1. The number of carbonyl (C=O) groups is 1. The predicted molar refractivity (Wildman–Crippen MR) is 88.7 cm³/mol. The fourth-order valence-corrected chi connectivity index (χ4v) is 2.57. The zero-order valence-electron chi connectivity index (χ0n) is 12.5. The molecule has 0 aliphatic carbocycles. The van der Waals surface area contributed by atoms with E-state index in [0.29, 0.717) is 24.4 Å². The quantitative estimate of drug-likeness (QED) is 0.315. The standard InChI is InChI=1S/C16H18BrNO5/c17-11-6-7-13-12(9-11)14(10-16(20)23-13)22-8-4-2-1-3-5-15(19)18-21/h6-7,9-10,21H,1-5,8H2,(H,18,19). The van der Waals surface area contributed by atoms with Gasteiger partial charge in [-0.05, 0) is 31.0 Å². The molecule has 7 heteroatoms. The van der Waals surface area contributed by atoms with Gasteiger partial charge >= 0.3 is 5.63 Å². The van der Waals surface area contributed by atoms with E-state index in [4.69, 9.17) is 14.4 Å². The third kappa shape index (κ3) is 5.37. The summed E-state index contributed by atoms with van der Waals surface area (Å²) in [5.74, 6) is 0.145. The summed E-state index contributed by atoms with van der Waals surface area (Å²) in [4.78, 5) is 22.4. The van der Waals surface area contributed by atoms with Gasteiger partial charge in [0.15, 0.2) is 0 Å². The molecule has 0 bridgehead atoms. The van der Waals surface area contributed by atoms with Crippen molar-refractivity contribution in [3.05, 3.63) is 39.2 Å². The molecule has 6 nitrogen and oxygen atoms in total. The largest absolute Gasteiger partial charge is 0.493 e. The van der Waals surface area contributed by atoms with Crippen molar-refractivity contribution in [2.75, 3.05) is 6.61 Å². The van der Waals surface area contributed by atoms with Crippen molar-refractivity contribution in [3.8, 4) is 5.75 Å². The first-order valence-corrected chi connectivity index (χ1v) is 8.18. The molecule has 1 aromatic heterocycles. The van der Waals surface area contributed by atoms with Crippen LogP contribution in [-0.4, -0.2) is 17.7 Å². The van der Waals surface area contributed by atoms with Crippen LogP contribution in [0, 0.1) is 0 Å². The summed E-state index contributed by atoms with van der Waals surface area (Å²) in [6, 6.07) is 6.72. The minimum atomic E-state index is -0.440. The Morgan fingerprint density at radius 2 is 2.00 bits per heavy atom. The average Bonchev–Trinajstić information content (AvgIpc) is 2.54. The van der Waals surface area contributed by atoms with E-state index in [-0.39, 0.29) is 5.91 Å². The Morgan fingerprint density at radius 1 is 1.22 bits per heavy atom. The first-order valence-electron chi connectivity index (χ1n) is 7.39. The second-order valence-corrected chi connectivity index (χ2v) is 6.03. The van der Waals surface area contributed by atoms with Crippen molar-refractivity contribution in [1.82, 2.24) is 5.48 Å². The number of benzene rings is 1. The van der Waals surface area contributed by atoms with Crippen LogP contribution in [0.2, 0.25) is 0 Å². The highest BCUT2D eigenvalue weighted by molar-refractivity contribution is 9.10. The van der Waals surface area contributed by atoms with E-state index in [0.717, 1.165) is 35.5 Å². The van der Waals surface area contributed by atoms with Crippen molar-refractivity contribution in [2.24, 2.45) is 0 Å². The Labute approximate surface area is 141 Å². The van der Waals surface area contributed by atoms with Gasteiger partial charge in [0, 0.05) is 10.9 Å². The first kappa shape index (κ1) is 17.5. The molecule has 1 heterocycles. The van der Waals surface area contributed by atoms with Crippen LogP contribution < -0.4 is 15.8 Å². The predicted octanol–water partition coefficient (Wildman–Crippen LogP) is 3.39.